The lowest BCUT2D eigenvalue weighted by Crippen LogP contribution is -1.95. The topological polar surface area (TPSA) is 23.4 Å². The summed E-state index contributed by atoms with van der Waals surface area (Å²) in [6.07, 6.45) is 2.35. The molecule has 0 bridgehead atoms. The van der Waals surface area contributed by atoms with Crippen LogP contribution in [0, 0.1) is 0 Å². The number of nitrogens with zero attached hydrogens (tertiary/aromatic N) is 1. The van der Waals surface area contributed by atoms with E-state index in [1.54, 1.807) is 14.2 Å². The van der Waals surface area contributed by atoms with Crippen molar-refractivity contribution in [1.29, 1.82) is 0 Å². The van der Waals surface area contributed by atoms with Crippen molar-refractivity contribution in [2.75, 3.05) is 14.2 Å². The molecule has 0 N–H and O–H groups in total. The average Bonchev–Trinajstić information content (AvgIpc) is 3.24. The highest BCUT2D eigenvalue weighted by Gasteiger charge is 2.21. The minimum atomic E-state index is 0.891. The van der Waals surface area contributed by atoms with Crippen LogP contribution in [0.1, 0.15) is 12.1 Å². The zero-order chi connectivity index (χ0) is 16.5. The van der Waals surface area contributed by atoms with Crippen LogP contribution >= 0.6 is 0 Å². The van der Waals surface area contributed by atoms with E-state index < -0.39 is 0 Å². The fourth-order valence-corrected chi connectivity index (χ4v) is 3.54. The molecule has 3 aromatic rings. The molecule has 1 aromatic heterocycles. The molecule has 0 amide bonds. The van der Waals surface area contributed by atoms with Crippen LogP contribution in [-0.2, 0) is 13.0 Å². The minimum Gasteiger partial charge on any atom is -0.497 e. The van der Waals surface area contributed by atoms with E-state index in [1.165, 1.54) is 34.5 Å². The molecule has 3 nitrogen and oxygen atoms in total. The molecule has 2 aromatic carbocycles. The summed E-state index contributed by atoms with van der Waals surface area (Å²) in [6.45, 7) is 1.09. The van der Waals surface area contributed by atoms with E-state index in [0.29, 0.717) is 0 Å². The van der Waals surface area contributed by atoms with Gasteiger partial charge in [-0.25, -0.2) is 0 Å². The lowest BCUT2D eigenvalue weighted by molar-refractivity contribution is 0.415. The van der Waals surface area contributed by atoms with Crippen molar-refractivity contribution < 1.29 is 9.47 Å². The number of hydrogen-bond donors (Lipinski definition) is 0. The Kier molecular flexibility index (Phi) is 3.77. The molecule has 0 aliphatic carbocycles. The van der Waals surface area contributed by atoms with E-state index in [2.05, 4.69) is 34.9 Å². The molecule has 0 atom stereocenters. The van der Waals surface area contributed by atoms with Gasteiger partial charge in [-0.3, -0.25) is 0 Å². The Morgan fingerprint density at radius 2 is 1.38 bits per heavy atom. The molecule has 0 radical (unpaired) electrons. The van der Waals surface area contributed by atoms with E-state index in [9.17, 15) is 0 Å². The maximum Gasteiger partial charge on any atom is 0.118 e. The maximum absolute atomic E-state index is 5.28. The number of aromatic nitrogens is 1. The van der Waals surface area contributed by atoms with Gasteiger partial charge >= 0.3 is 0 Å². The standard InChI is InChI=1S/C21H21NO2/c1-23-17-9-5-15(6-10-17)19-14-21(22-13-3-4-20(19)22)16-7-11-18(24-2)12-8-16/h5-12,14H,3-4,13H2,1-2H3. The van der Waals surface area contributed by atoms with Crippen molar-refractivity contribution in [1.82, 2.24) is 4.57 Å². The predicted molar refractivity (Wildman–Crippen MR) is 96.7 cm³/mol. The number of hydrogen-bond acceptors (Lipinski definition) is 2. The molecule has 0 spiro atoms. The summed E-state index contributed by atoms with van der Waals surface area (Å²) in [4.78, 5) is 0. The first kappa shape index (κ1) is 14.9. The molecular weight excluding hydrogens is 298 g/mol. The molecular formula is C21H21NO2. The summed E-state index contributed by atoms with van der Waals surface area (Å²) >= 11 is 0. The monoisotopic (exact) mass is 319 g/mol. The lowest BCUT2D eigenvalue weighted by atomic mass is 10.0. The maximum atomic E-state index is 5.28. The van der Waals surface area contributed by atoms with Gasteiger partial charge in [-0.05, 0) is 66.4 Å². The van der Waals surface area contributed by atoms with Crippen molar-refractivity contribution in [3.63, 3.8) is 0 Å². The van der Waals surface area contributed by atoms with Gasteiger partial charge in [-0.2, -0.15) is 0 Å². The first-order chi connectivity index (χ1) is 11.8. The number of benzene rings is 2. The first-order valence-corrected chi connectivity index (χ1v) is 8.31. The SMILES string of the molecule is COc1ccc(-c2cc(-c3ccc(OC)cc3)n3c2CCC3)cc1. The van der Waals surface area contributed by atoms with Crippen molar-refractivity contribution in [2.45, 2.75) is 19.4 Å². The molecule has 4 rings (SSSR count). The van der Waals surface area contributed by atoms with Crippen LogP contribution in [0.5, 0.6) is 11.5 Å². The van der Waals surface area contributed by atoms with Gasteiger partial charge < -0.3 is 14.0 Å². The summed E-state index contributed by atoms with van der Waals surface area (Å²) in [5, 5.41) is 0. The molecule has 0 fully saturated rings. The van der Waals surface area contributed by atoms with Gasteiger partial charge in [0.1, 0.15) is 11.5 Å². The van der Waals surface area contributed by atoms with Gasteiger partial charge in [0, 0.05) is 23.5 Å². The number of methoxy groups -OCH3 is 2. The van der Waals surface area contributed by atoms with E-state index in [-0.39, 0.29) is 0 Å². The van der Waals surface area contributed by atoms with Gasteiger partial charge in [0.15, 0.2) is 0 Å². The molecule has 0 unspecified atom stereocenters. The van der Waals surface area contributed by atoms with Crippen LogP contribution in [0.4, 0.5) is 0 Å². The van der Waals surface area contributed by atoms with Gasteiger partial charge in [-0.15, -0.1) is 0 Å². The Balaban J connectivity index is 1.79. The largest absolute Gasteiger partial charge is 0.497 e. The first-order valence-electron chi connectivity index (χ1n) is 8.31. The van der Waals surface area contributed by atoms with Crippen molar-refractivity contribution in [3.05, 3.63) is 60.3 Å². The summed E-state index contributed by atoms with van der Waals surface area (Å²) in [5.74, 6) is 1.78. The van der Waals surface area contributed by atoms with E-state index >= 15 is 0 Å². The summed E-state index contributed by atoms with van der Waals surface area (Å²) < 4.78 is 13.0. The van der Waals surface area contributed by atoms with Crippen LogP contribution in [0.25, 0.3) is 22.4 Å². The van der Waals surface area contributed by atoms with Crippen LogP contribution in [0.15, 0.2) is 54.6 Å². The van der Waals surface area contributed by atoms with Gasteiger partial charge in [0.25, 0.3) is 0 Å². The number of ether oxygens (including phenoxy) is 2. The predicted octanol–water partition coefficient (Wildman–Crippen LogP) is 4.79. The fourth-order valence-electron chi connectivity index (χ4n) is 3.54. The van der Waals surface area contributed by atoms with Crippen molar-refractivity contribution >= 4 is 0 Å². The van der Waals surface area contributed by atoms with Gasteiger partial charge in [0.05, 0.1) is 14.2 Å². The second-order valence-corrected chi connectivity index (χ2v) is 6.10. The van der Waals surface area contributed by atoms with E-state index in [1.807, 2.05) is 24.3 Å². The molecule has 3 heteroatoms. The smallest absolute Gasteiger partial charge is 0.118 e. The molecule has 24 heavy (non-hydrogen) atoms. The van der Waals surface area contributed by atoms with Crippen molar-refractivity contribution in [3.8, 4) is 33.9 Å². The Hall–Kier alpha value is -2.68. The summed E-state index contributed by atoms with van der Waals surface area (Å²) in [5.41, 5.74) is 6.54. The highest BCUT2D eigenvalue weighted by atomic mass is 16.5. The Labute approximate surface area is 142 Å². The Bertz CT molecular complexity index is 775. The van der Waals surface area contributed by atoms with Gasteiger partial charge in [-0.1, -0.05) is 12.1 Å². The fraction of sp³-hybridized carbons (Fsp3) is 0.238. The highest BCUT2D eigenvalue weighted by Crippen LogP contribution is 2.37. The van der Waals surface area contributed by atoms with Crippen LogP contribution in [-0.4, -0.2) is 18.8 Å². The lowest BCUT2D eigenvalue weighted by Gasteiger charge is -2.07. The highest BCUT2D eigenvalue weighted by molar-refractivity contribution is 5.76. The third kappa shape index (κ3) is 2.46. The Morgan fingerprint density at radius 1 is 0.792 bits per heavy atom. The molecule has 0 saturated carbocycles. The van der Waals surface area contributed by atoms with Crippen LogP contribution < -0.4 is 9.47 Å². The normalized spacial score (nSPS) is 12.9. The zero-order valence-corrected chi connectivity index (χ0v) is 14.1. The van der Waals surface area contributed by atoms with E-state index in [4.69, 9.17) is 9.47 Å². The Morgan fingerprint density at radius 3 is 1.96 bits per heavy atom. The van der Waals surface area contributed by atoms with Crippen LogP contribution in [0.2, 0.25) is 0 Å². The van der Waals surface area contributed by atoms with Crippen LogP contribution in [0.3, 0.4) is 0 Å². The number of rotatable bonds is 4. The second-order valence-electron chi connectivity index (χ2n) is 6.10. The summed E-state index contributed by atoms with van der Waals surface area (Å²) in [6, 6.07) is 19.0. The minimum absolute atomic E-state index is 0.891. The third-order valence-corrected chi connectivity index (χ3v) is 4.79. The van der Waals surface area contributed by atoms with Crippen molar-refractivity contribution in [2.24, 2.45) is 0 Å². The quantitative estimate of drug-likeness (QED) is 0.690. The molecule has 1 aliphatic heterocycles. The molecule has 0 saturated heterocycles. The second kappa shape index (κ2) is 6.08. The number of fused-ring (bicyclic) bond motifs is 1. The molecule has 2 heterocycles. The summed E-state index contributed by atoms with van der Waals surface area (Å²) in [7, 11) is 3.40. The zero-order valence-electron chi connectivity index (χ0n) is 14.1. The molecule has 1 aliphatic rings. The average molecular weight is 319 g/mol. The third-order valence-electron chi connectivity index (χ3n) is 4.79. The van der Waals surface area contributed by atoms with Gasteiger partial charge in [0.2, 0.25) is 0 Å². The molecule has 122 valence electrons. The van der Waals surface area contributed by atoms with E-state index in [0.717, 1.165) is 24.5 Å².